The number of fused-ring (bicyclic) bond motifs is 1. The van der Waals surface area contributed by atoms with Gasteiger partial charge in [0, 0.05) is 24.5 Å². The molecule has 0 bridgehead atoms. The summed E-state index contributed by atoms with van der Waals surface area (Å²) in [5.41, 5.74) is 1.70. The zero-order valence-corrected chi connectivity index (χ0v) is 16.6. The lowest BCUT2D eigenvalue weighted by atomic mass is 10.1. The molecule has 0 atom stereocenters. The molecule has 1 heterocycles. The number of methoxy groups -OCH3 is 1. The van der Waals surface area contributed by atoms with Crippen LogP contribution in [0.15, 0.2) is 94.1 Å². The molecule has 3 aromatic carbocycles. The van der Waals surface area contributed by atoms with Gasteiger partial charge in [0.2, 0.25) is 0 Å². The van der Waals surface area contributed by atoms with Crippen LogP contribution in [-0.2, 0) is 13.1 Å². The summed E-state index contributed by atoms with van der Waals surface area (Å²) in [6.45, 7) is 0.767. The van der Waals surface area contributed by atoms with Crippen LogP contribution in [0.1, 0.15) is 21.5 Å². The highest BCUT2D eigenvalue weighted by Gasteiger charge is 2.21. The predicted molar refractivity (Wildman–Crippen MR) is 115 cm³/mol. The first-order valence-corrected chi connectivity index (χ1v) is 9.63. The van der Waals surface area contributed by atoms with Crippen molar-refractivity contribution in [1.29, 1.82) is 0 Å². The number of carbonyl (C=O) groups excluding carboxylic acids is 1. The number of rotatable bonds is 6. The standard InChI is InChI=1S/C25H21NO4/c1-29-21-13-12-20-14-22(25(28)30-23(20)15-21)24(27)26(16-18-8-4-2-5-9-18)17-19-10-6-3-7-11-19/h2-15H,16-17H2,1H3. The van der Waals surface area contributed by atoms with E-state index in [0.717, 1.165) is 11.1 Å². The summed E-state index contributed by atoms with van der Waals surface area (Å²) >= 11 is 0. The second-order valence-electron chi connectivity index (χ2n) is 6.98. The van der Waals surface area contributed by atoms with E-state index in [1.54, 1.807) is 36.3 Å². The predicted octanol–water partition coefficient (Wildman–Crippen LogP) is 4.64. The molecule has 4 rings (SSSR count). The number of hydrogen-bond acceptors (Lipinski definition) is 4. The van der Waals surface area contributed by atoms with Crippen molar-refractivity contribution in [1.82, 2.24) is 4.90 Å². The monoisotopic (exact) mass is 399 g/mol. The van der Waals surface area contributed by atoms with Gasteiger partial charge in [-0.25, -0.2) is 4.79 Å². The van der Waals surface area contributed by atoms with Crippen molar-refractivity contribution in [3.05, 3.63) is 112 Å². The molecule has 0 saturated carbocycles. The van der Waals surface area contributed by atoms with E-state index in [9.17, 15) is 9.59 Å². The van der Waals surface area contributed by atoms with Crippen LogP contribution in [0, 0.1) is 0 Å². The summed E-state index contributed by atoms with van der Waals surface area (Å²) in [4.78, 5) is 27.7. The van der Waals surface area contributed by atoms with Crippen LogP contribution >= 0.6 is 0 Å². The number of benzene rings is 3. The number of carbonyl (C=O) groups is 1. The highest BCUT2D eigenvalue weighted by atomic mass is 16.5. The first-order valence-electron chi connectivity index (χ1n) is 9.63. The molecule has 0 N–H and O–H groups in total. The highest BCUT2D eigenvalue weighted by Crippen LogP contribution is 2.21. The van der Waals surface area contributed by atoms with Crippen LogP contribution in [0.4, 0.5) is 0 Å². The summed E-state index contributed by atoms with van der Waals surface area (Å²) in [6, 6.07) is 26.2. The van der Waals surface area contributed by atoms with Crippen molar-refractivity contribution in [3.8, 4) is 5.75 Å². The fourth-order valence-corrected chi connectivity index (χ4v) is 3.35. The second-order valence-corrected chi connectivity index (χ2v) is 6.98. The fraction of sp³-hybridized carbons (Fsp3) is 0.120. The van der Waals surface area contributed by atoms with Gasteiger partial charge >= 0.3 is 5.63 Å². The third-order valence-electron chi connectivity index (χ3n) is 4.89. The average Bonchev–Trinajstić information content (AvgIpc) is 2.78. The minimum Gasteiger partial charge on any atom is -0.497 e. The Labute approximate surface area is 174 Å². The summed E-state index contributed by atoms with van der Waals surface area (Å²) in [6.07, 6.45) is 0. The molecule has 0 spiro atoms. The minimum atomic E-state index is -0.660. The fourth-order valence-electron chi connectivity index (χ4n) is 3.35. The third-order valence-corrected chi connectivity index (χ3v) is 4.89. The van der Waals surface area contributed by atoms with Gasteiger partial charge in [-0.15, -0.1) is 0 Å². The first-order chi connectivity index (χ1) is 14.6. The van der Waals surface area contributed by atoms with E-state index in [2.05, 4.69) is 0 Å². The number of nitrogens with zero attached hydrogens (tertiary/aromatic N) is 1. The van der Waals surface area contributed by atoms with E-state index < -0.39 is 5.63 Å². The zero-order valence-electron chi connectivity index (χ0n) is 16.6. The SMILES string of the molecule is COc1ccc2cc(C(=O)N(Cc3ccccc3)Cc3ccccc3)c(=O)oc2c1. The normalized spacial score (nSPS) is 10.7. The lowest BCUT2D eigenvalue weighted by Gasteiger charge is -2.23. The van der Waals surface area contributed by atoms with Crippen LogP contribution in [0.25, 0.3) is 11.0 Å². The molecule has 0 unspecified atom stereocenters. The van der Waals surface area contributed by atoms with Gasteiger partial charge in [0.1, 0.15) is 16.9 Å². The molecule has 5 heteroatoms. The van der Waals surface area contributed by atoms with Gasteiger partial charge < -0.3 is 14.1 Å². The number of amides is 1. The Hall–Kier alpha value is -3.86. The maximum atomic E-state index is 13.4. The van der Waals surface area contributed by atoms with Crippen molar-refractivity contribution in [3.63, 3.8) is 0 Å². The molecule has 0 aliphatic rings. The highest BCUT2D eigenvalue weighted by molar-refractivity contribution is 5.96. The molecule has 1 amide bonds. The van der Waals surface area contributed by atoms with E-state index in [1.165, 1.54) is 0 Å². The van der Waals surface area contributed by atoms with Gasteiger partial charge in [-0.3, -0.25) is 4.79 Å². The molecule has 30 heavy (non-hydrogen) atoms. The van der Waals surface area contributed by atoms with Crippen molar-refractivity contribution < 1.29 is 13.9 Å². The Bertz CT molecular complexity index is 1170. The molecule has 0 aliphatic carbocycles. The van der Waals surface area contributed by atoms with Crippen molar-refractivity contribution in [2.45, 2.75) is 13.1 Å². The van der Waals surface area contributed by atoms with Gasteiger partial charge in [-0.1, -0.05) is 60.7 Å². The van der Waals surface area contributed by atoms with Crippen molar-refractivity contribution >= 4 is 16.9 Å². The molecular formula is C25H21NO4. The molecule has 150 valence electrons. The van der Waals surface area contributed by atoms with Crippen LogP contribution in [0.3, 0.4) is 0 Å². The molecule has 0 radical (unpaired) electrons. The van der Waals surface area contributed by atoms with Crippen LogP contribution in [0.5, 0.6) is 5.75 Å². The maximum Gasteiger partial charge on any atom is 0.349 e. The number of hydrogen-bond donors (Lipinski definition) is 0. The first kappa shape index (κ1) is 19.5. The Balaban J connectivity index is 1.71. The van der Waals surface area contributed by atoms with Gasteiger partial charge in [0.15, 0.2) is 0 Å². The Kier molecular flexibility index (Phi) is 5.61. The molecule has 1 aromatic heterocycles. The number of ether oxygens (including phenoxy) is 1. The van der Waals surface area contributed by atoms with Crippen LogP contribution in [-0.4, -0.2) is 17.9 Å². The Morgan fingerprint density at radius 1 is 0.867 bits per heavy atom. The topological polar surface area (TPSA) is 59.8 Å². The van der Waals surface area contributed by atoms with E-state index in [0.29, 0.717) is 29.8 Å². The van der Waals surface area contributed by atoms with E-state index >= 15 is 0 Å². The Morgan fingerprint density at radius 3 is 2.03 bits per heavy atom. The van der Waals surface area contributed by atoms with Crippen molar-refractivity contribution in [2.24, 2.45) is 0 Å². The second kappa shape index (κ2) is 8.66. The lowest BCUT2D eigenvalue weighted by molar-refractivity contribution is 0.0726. The van der Waals surface area contributed by atoms with E-state index in [1.807, 2.05) is 60.7 Å². The summed E-state index contributed by atoms with van der Waals surface area (Å²) in [5, 5.41) is 0.665. The summed E-state index contributed by atoms with van der Waals surface area (Å²) in [5.74, 6) is 0.216. The third kappa shape index (κ3) is 4.25. The van der Waals surface area contributed by atoms with Gasteiger partial charge in [0.25, 0.3) is 5.91 Å². The molecule has 5 nitrogen and oxygen atoms in total. The van der Waals surface area contributed by atoms with E-state index in [-0.39, 0.29) is 11.5 Å². The largest absolute Gasteiger partial charge is 0.497 e. The smallest absolute Gasteiger partial charge is 0.349 e. The average molecular weight is 399 g/mol. The summed E-state index contributed by atoms with van der Waals surface area (Å²) < 4.78 is 10.6. The van der Waals surface area contributed by atoms with Crippen molar-refractivity contribution in [2.75, 3.05) is 7.11 Å². The molecule has 0 aliphatic heterocycles. The minimum absolute atomic E-state index is 0.0135. The van der Waals surface area contributed by atoms with Gasteiger partial charge in [-0.05, 0) is 29.3 Å². The Morgan fingerprint density at radius 2 is 1.47 bits per heavy atom. The summed E-state index contributed by atoms with van der Waals surface area (Å²) in [7, 11) is 1.54. The molecule has 0 fully saturated rings. The van der Waals surface area contributed by atoms with Gasteiger partial charge in [-0.2, -0.15) is 0 Å². The van der Waals surface area contributed by atoms with E-state index in [4.69, 9.17) is 9.15 Å². The van der Waals surface area contributed by atoms with Gasteiger partial charge in [0.05, 0.1) is 7.11 Å². The maximum absolute atomic E-state index is 13.4. The molecular weight excluding hydrogens is 378 g/mol. The molecule has 4 aromatic rings. The van der Waals surface area contributed by atoms with Crippen LogP contribution in [0.2, 0.25) is 0 Å². The zero-order chi connectivity index (χ0) is 20.9. The van der Waals surface area contributed by atoms with Crippen LogP contribution < -0.4 is 10.4 Å². The lowest BCUT2D eigenvalue weighted by Crippen LogP contribution is -2.33. The quantitative estimate of drug-likeness (QED) is 0.443. The molecule has 0 saturated heterocycles.